The van der Waals surface area contributed by atoms with E-state index in [1.54, 1.807) is 33.8 Å². The van der Waals surface area contributed by atoms with Crippen LogP contribution in [0.4, 0.5) is 10.6 Å². The van der Waals surface area contributed by atoms with Crippen LogP contribution in [-0.2, 0) is 13.5 Å². The molecule has 0 unspecified atom stereocenters. The quantitative estimate of drug-likeness (QED) is 0.933. The number of carbonyl (C=O) groups is 1. The Bertz CT molecular complexity index is 769. The SMILES string of the molecule is CCc1cc(NC(=O)N2CC(Oc3ccc(C#N)cc3)C2)n(C)n1. The maximum atomic E-state index is 12.2. The molecule has 0 bridgehead atoms. The molecule has 0 atom stereocenters. The molecule has 1 aliphatic heterocycles. The maximum Gasteiger partial charge on any atom is 0.323 e. The van der Waals surface area contributed by atoms with Gasteiger partial charge in [0, 0.05) is 13.1 Å². The predicted molar refractivity (Wildman–Crippen MR) is 88.8 cm³/mol. The van der Waals surface area contributed by atoms with Gasteiger partial charge in [0.15, 0.2) is 0 Å². The summed E-state index contributed by atoms with van der Waals surface area (Å²) in [4.78, 5) is 13.9. The van der Waals surface area contributed by atoms with Crippen LogP contribution in [0.5, 0.6) is 5.75 Å². The number of hydrogen-bond donors (Lipinski definition) is 1. The number of amides is 2. The number of aromatic nitrogens is 2. The molecule has 7 heteroatoms. The van der Waals surface area contributed by atoms with Crippen molar-refractivity contribution < 1.29 is 9.53 Å². The Hall–Kier alpha value is -3.01. The summed E-state index contributed by atoms with van der Waals surface area (Å²) in [5.41, 5.74) is 1.54. The van der Waals surface area contributed by atoms with Gasteiger partial charge in [0.05, 0.1) is 30.4 Å². The third-order valence-corrected chi connectivity index (χ3v) is 3.95. The Morgan fingerprint density at radius 2 is 2.12 bits per heavy atom. The molecule has 124 valence electrons. The number of rotatable bonds is 4. The number of anilines is 1. The first kappa shape index (κ1) is 15.9. The first-order valence-electron chi connectivity index (χ1n) is 7.84. The first-order chi connectivity index (χ1) is 11.6. The fourth-order valence-electron chi connectivity index (χ4n) is 2.48. The summed E-state index contributed by atoms with van der Waals surface area (Å²) in [5, 5.41) is 15.9. The van der Waals surface area contributed by atoms with Gasteiger partial charge in [-0.05, 0) is 30.7 Å². The fourth-order valence-corrected chi connectivity index (χ4v) is 2.48. The largest absolute Gasteiger partial charge is 0.487 e. The lowest BCUT2D eigenvalue weighted by atomic mass is 10.1. The lowest BCUT2D eigenvalue weighted by Crippen LogP contribution is -2.57. The lowest BCUT2D eigenvalue weighted by molar-refractivity contribution is 0.0492. The van der Waals surface area contributed by atoms with Gasteiger partial charge in [0.25, 0.3) is 0 Å². The fraction of sp³-hybridized carbons (Fsp3) is 0.353. The molecule has 0 spiro atoms. The summed E-state index contributed by atoms with van der Waals surface area (Å²) in [7, 11) is 1.81. The van der Waals surface area contributed by atoms with Gasteiger partial charge < -0.3 is 9.64 Å². The Balaban J connectivity index is 1.49. The van der Waals surface area contributed by atoms with E-state index in [2.05, 4.69) is 16.5 Å². The Morgan fingerprint density at radius 3 is 2.71 bits per heavy atom. The lowest BCUT2D eigenvalue weighted by Gasteiger charge is -2.38. The predicted octanol–water partition coefficient (Wildman–Crippen LogP) is 2.15. The molecule has 1 aromatic heterocycles. The molecule has 7 nitrogen and oxygen atoms in total. The van der Waals surface area contributed by atoms with Crippen molar-refractivity contribution in [3.05, 3.63) is 41.6 Å². The van der Waals surface area contributed by atoms with Gasteiger partial charge in [0.1, 0.15) is 17.7 Å². The Labute approximate surface area is 140 Å². The topological polar surface area (TPSA) is 83.2 Å². The first-order valence-corrected chi connectivity index (χ1v) is 7.84. The molecule has 0 saturated carbocycles. The van der Waals surface area contributed by atoms with E-state index in [1.165, 1.54) is 0 Å². The van der Waals surface area contributed by atoms with Gasteiger partial charge in [0.2, 0.25) is 0 Å². The van der Waals surface area contributed by atoms with Crippen molar-refractivity contribution in [1.29, 1.82) is 5.26 Å². The summed E-state index contributed by atoms with van der Waals surface area (Å²) < 4.78 is 7.44. The third kappa shape index (κ3) is 3.33. The molecule has 0 radical (unpaired) electrons. The second-order valence-corrected chi connectivity index (χ2v) is 5.71. The van der Waals surface area contributed by atoms with Crippen molar-refractivity contribution in [1.82, 2.24) is 14.7 Å². The van der Waals surface area contributed by atoms with Crippen molar-refractivity contribution >= 4 is 11.8 Å². The van der Waals surface area contributed by atoms with Gasteiger partial charge in [-0.15, -0.1) is 0 Å². The van der Waals surface area contributed by atoms with E-state index in [0.717, 1.165) is 12.1 Å². The summed E-state index contributed by atoms with van der Waals surface area (Å²) >= 11 is 0. The monoisotopic (exact) mass is 325 g/mol. The smallest absolute Gasteiger partial charge is 0.323 e. The van der Waals surface area contributed by atoms with Crippen LogP contribution in [0.1, 0.15) is 18.2 Å². The molecule has 24 heavy (non-hydrogen) atoms. The third-order valence-electron chi connectivity index (χ3n) is 3.95. The zero-order valence-electron chi connectivity index (χ0n) is 13.7. The minimum absolute atomic E-state index is 0.0265. The number of nitrogens with one attached hydrogen (secondary N) is 1. The molecule has 1 N–H and O–H groups in total. The number of likely N-dealkylation sites (tertiary alicyclic amines) is 1. The summed E-state index contributed by atoms with van der Waals surface area (Å²) in [6.45, 7) is 3.09. The summed E-state index contributed by atoms with van der Waals surface area (Å²) in [5.74, 6) is 1.39. The van der Waals surface area contributed by atoms with E-state index < -0.39 is 0 Å². The maximum absolute atomic E-state index is 12.2. The number of nitriles is 1. The molecule has 2 heterocycles. The molecule has 2 amide bonds. The molecule has 1 fully saturated rings. The number of hydrogen-bond acceptors (Lipinski definition) is 4. The van der Waals surface area contributed by atoms with E-state index in [9.17, 15) is 4.79 Å². The molecule has 0 aliphatic carbocycles. The van der Waals surface area contributed by atoms with Gasteiger partial charge in [-0.2, -0.15) is 10.4 Å². The normalized spacial score (nSPS) is 14.0. The van der Waals surface area contributed by atoms with Crippen molar-refractivity contribution in [2.24, 2.45) is 7.05 Å². The number of ether oxygens (including phenoxy) is 1. The highest BCUT2D eigenvalue weighted by Crippen LogP contribution is 2.20. The van der Waals surface area contributed by atoms with E-state index in [-0.39, 0.29) is 12.1 Å². The van der Waals surface area contributed by atoms with E-state index in [4.69, 9.17) is 10.00 Å². The van der Waals surface area contributed by atoms with Gasteiger partial charge in [-0.1, -0.05) is 6.92 Å². The summed E-state index contributed by atoms with van der Waals surface area (Å²) in [6.07, 6.45) is 0.801. The average Bonchev–Trinajstić information content (AvgIpc) is 2.91. The van der Waals surface area contributed by atoms with E-state index in [1.807, 2.05) is 20.0 Å². The molecule has 2 aromatic rings. The summed E-state index contributed by atoms with van der Waals surface area (Å²) in [6, 6.07) is 10.8. The Morgan fingerprint density at radius 1 is 1.42 bits per heavy atom. The molecule has 3 rings (SSSR count). The highest BCUT2D eigenvalue weighted by Gasteiger charge is 2.32. The second-order valence-electron chi connectivity index (χ2n) is 5.71. The molecular formula is C17H19N5O2. The van der Waals surface area contributed by atoms with Crippen LogP contribution >= 0.6 is 0 Å². The number of carbonyl (C=O) groups excluding carboxylic acids is 1. The minimum Gasteiger partial charge on any atom is -0.487 e. The van der Waals surface area contributed by atoms with Crippen LogP contribution < -0.4 is 10.1 Å². The van der Waals surface area contributed by atoms with Crippen molar-refractivity contribution in [3.8, 4) is 11.8 Å². The minimum atomic E-state index is -0.152. The average molecular weight is 325 g/mol. The number of benzene rings is 1. The molecule has 1 aliphatic rings. The number of aryl methyl sites for hydroxylation is 2. The van der Waals surface area contributed by atoms with Gasteiger partial charge in [-0.25, -0.2) is 4.79 Å². The molecular weight excluding hydrogens is 306 g/mol. The van der Waals surface area contributed by atoms with Crippen molar-refractivity contribution in [2.45, 2.75) is 19.4 Å². The van der Waals surface area contributed by atoms with Crippen LogP contribution in [0.25, 0.3) is 0 Å². The van der Waals surface area contributed by atoms with Crippen LogP contribution in [0.3, 0.4) is 0 Å². The zero-order valence-corrected chi connectivity index (χ0v) is 13.7. The van der Waals surface area contributed by atoms with Crippen LogP contribution in [0.2, 0.25) is 0 Å². The van der Waals surface area contributed by atoms with Gasteiger partial charge in [-0.3, -0.25) is 10.00 Å². The van der Waals surface area contributed by atoms with Crippen molar-refractivity contribution in [2.75, 3.05) is 18.4 Å². The number of nitrogens with zero attached hydrogens (tertiary/aromatic N) is 4. The highest BCUT2D eigenvalue weighted by atomic mass is 16.5. The number of urea groups is 1. The zero-order chi connectivity index (χ0) is 17.1. The van der Waals surface area contributed by atoms with E-state index >= 15 is 0 Å². The van der Waals surface area contributed by atoms with Gasteiger partial charge >= 0.3 is 6.03 Å². The van der Waals surface area contributed by atoms with Crippen LogP contribution in [0, 0.1) is 11.3 Å². The van der Waals surface area contributed by atoms with Crippen molar-refractivity contribution in [3.63, 3.8) is 0 Å². The standard InChI is InChI=1S/C17H19N5O2/c1-3-13-8-16(21(2)20-13)19-17(23)22-10-15(11-22)24-14-6-4-12(9-18)5-7-14/h4-8,15H,3,10-11H2,1-2H3,(H,19,23). The molecule has 1 aromatic carbocycles. The Kier molecular flexibility index (Phi) is 4.38. The van der Waals surface area contributed by atoms with E-state index in [0.29, 0.717) is 30.2 Å². The van der Waals surface area contributed by atoms with Crippen LogP contribution in [0.15, 0.2) is 30.3 Å². The second kappa shape index (κ2) is 6.62. The molecule has 1 saturated heterocycles. The van der Waals surface area contributed by atoms with Crippen LogP contribution in [-0.4, -0.2) is 39.9 Å². The highest BCUT2D eigenvalue weighted by molar-refractivity contribution is 5.89.